The fourth-order valence-electron chi connectivity index (χ4n) is 3.70. The van der Waals surface area contributed by atoms with Crippen LogP contribution in [-0.4, -0.2) is 52.2 Å². The Balaban J connectivity index is 1.43. The van der Waals surface area contributed by atoms with E-state index in [1.165, 1.54) is 0 Å². The van der Waals surface area contributed by atoms with E-state index in [4.69, 9.17) is 4.74 Å². The predicted molar refractivity (Wildman–Crippen MR) is 115 cm³/mol. The third-order valence-electron chi connectivity index (χ3n) is 5.43. The summed E-state index contributed by atoms with van der Waals surface area (Å²) in [5.41, 5.74) is 2.35. The van der Waals surface area contributed by atoms with Crippen LogP contribution in [-0.2, 0) is 16.0 Å². The maximum absolute atomic E-state index is 13.7. The van der Waals surface area contributed by atoms with E-state index in [-0.39, 0.29) is 12.1 Å². The van der Waals surface area contributed by atoms with Gasteiger partial charge in [0.1, 0.15) is 11.6 Å². The van der Waals surface area contributed by atoms with Gasteiger partial charge in [0.05, 0.1) is 24.6 Å². The fourth-order valence-corrected chi connectivity index (χ4v) is 3.70. The van der Waals surface area contributed by atoms with Gasteiger partial charge in [-0.15, -0.1) is 10.2 Å². The molecular formula is C22H24F2N6O2. The molecule has 4 rings (SSSR count). The average molecular weight is 442 g/mol. The zero-order valence-electron chi connectivity index (χ0n) is 17.9. The first-order valence-electron chi connectivity index (χ1n) is 10.4. The standard InChI is InChI=1S/C22H24F2N6O2/c1-14-17(4-8-22(31)25-19-13-16(23)3-5-18(19)24)15(2)30(28-14)21-7-6-20(26-27-21)29-9-11-32-12-10-29/h3,5-7,13H,4,8-12H2,1-2H3,(H,25,31). The Bertz CT molecular complexity index is 1110. The summed E-state index contributed by atoms with van der Waals surface area (Å²) in [6, 6.07) is 6.71. The van der Waals surface area contributed by atoms with E-state index in [0.29, 0.717) is 25.5 Å². The summed E-state index contributed by atoms with van der Waals surface area (Å²) >= 11 is 0. The Morgan fingerprint density at radius 2 is 1.81 bits per heavy atom. The molecule has 1 amide bonds. The molecule has 3 heterocycles. The molecule has 1 aromatic carbocycles. The number of anilines is 2. The molecule has 1 aliphatic rings. The normalized spacial score (nSPS) is 13.9. The maximum Gasteiger partial charge on any atom is 0.224 e. The van der Waals surface area contributed by atoms with Gasteiger partial charge in [0.2, 0.25) is 5.91 Å². The number of hydrogen-bond donors (Lipinski definition) is 1. The van der Waals surface area contributed by atoms with Crippen LogP contribution in [0.5, 0.6) is 0 Å². The van der Waals surface area contributed by atoms with Gasteiger partial charge in [0.25, 0.3) is 0 Å². The van der Waals surface area contributed by atoms with Crippen molar-refractivity contribution >= 4 is 17.4 Å². The summed E-state index contributed by atoms with van der Waals surface area (Å²) in [5.74, 6) is -0.328. The second-order valence-electron chi connectivity index (χ2n) is 7.58. The molecule has 0 bridgehead atoms. The maximum atomic E-state index is 13.7. The summed E-state index contributed by atoms with van der Waals surface area (Å²) in [5, 5.41) is 15.6. The first kappa shape index (κ1) is 21.8. The van der Waals surface area contributed by atoms with E-state index in [2.05, 4.69) is 25.5 Å². The van der Waals surface area contributed by atoms with E-state index in [1.54, 1.807) is 4.68 Å². The van der Waals surface area contributed by atoms with Crippen molar-refractivity contribution in [3.05, 3.63) is 58.9 Å². The van der Waals surface area contributed by atoms with Gasteiger partial charge < -0.3 is 15.0 Å². The van der Waals surface area contributed by atoms with Crippen molar-refractivity contribution in [1.29, 1.82) is 0 Å². The van der Waals surface area contributed by atoms with Crippen LogP contribution in [0.3, 0.4) is 0 Å². The quantitative estimate of drug-likeness (QED) is 0.632. The SMILES string of the molecule is Cc1nn(-c2ccc(N3CCOCC3)nn2)c(C)c1CCC(=O)Nc1cc(F)ccc1F. The van der Waals surface area contributed by atoms with Gasteiger partial charge in [-0.3, -0.25) is 4.79 Å². The number of benzene rings is 1. The van der Waals surface area contributed by atoms with Gasteiger partial charge >= 0.3 is 0 Å². The van der Waals surface area contributed by atoms with Crippen molar-refractivity contribution in [3.8, 4) is 5.82 Å². The Morgan fingerprint density at radius 3 is 2.53 bits per heavy atom. The van der Waals surface area contributed by atoms with Crippen LogP contribution in [0.2, 0.25) is 0 Å². The van der Waals surface area contributed by atoms with Crippen molar-refractivity contribution < 1.29 is 18.3 Å². The second kappa shape index (κ2) is 9.39. The third-order valence-corrected chi connectivity index (χ3v) is 5.43. The van der Waals surface area contributed by atoms with E-state index in [0.717, 1.165) is 54.1 Å². The Hall–Kier alpha value is -3.40. The first-order chi connectivity index (χ1) is 15.4. The fraction of sp³-hybridized carbons (Fsp3) is 0.364. The summed E-state index contributed by atoms with van der Waals surface area (Å²) in [6.07, 6.45) is 0.505. The summed E-state index contributed by atoms with van der Waals surface area (Å²) < 4.78 is 34.1. The lowest BCUT2D eigenvalue weighted by molar-refractivity contribution is -0.116. The highest BCUT2D eigenvalue weighted by Gasteiger charge is 2.17. The number of rotatable bonds is 6. The van der Waals surface area contributed by atoms with Crippen LogP contribution >= 0.6 is 0 Å². The van der Waals surface area contributed by atoms with Gasteiger partial charge in [-0.05, 0) is 50.1 Å². The minimum Gasteiger partial charge on any atom is -0.378 e. The first-order valence-corrected chi connectivity index (χ1v) is 10.4. The van der Waals surface area contributed by atoms with Crippen molar-refractivity contribution in [2.24, 2.45) is 0 Å². The summed E-state index contributed by atoms with van der Waals surface area (Å²) in [4.78, 5) is 14.4. The highest BCUT2D eigenvalue weighted by Crippen LogP contribution is 2.21. The van der Waals surface area contributed by atoms with Crippen molar-refractivity contribution in [2.45, 2.75) is 26.7 Å². The number of morpholine rings is 1. The molecule has 1 saturated heterocycles. The third kappa shape index (κ3) is 4.75. The van der Waals surface area contributed by atoms with Crippen LogP contribution < -0.4 is 10.2 Å². The smallest absolute Gasteiger partial charge is 0.224 e. The molecule has 8 nitrogen and oxygen atoms in total. The van der Waals surface area contributed by atoms with Gasteiger partial charge in [0.15, 0.2) is 11.6 Å². The molecule has 1 N–H and O–H groups in total. The highest BCUT2D eigenvalue weighted by molar-refractivity contribution is 5.91. The zero-order valence-corrected chi connectivity index (χ0v) is 17.9. The van der Waals surface area contributed by atoms with Crippen LogP contribution in [0.1, 0.15) is 23.4 Å². The van der Waals surface area contributed by atoms with Crippen LogP contribution in [0.4, 0.5) is 20.3 Å². The number of carbonyl (C=O) groups excluding carboxylic acids is 1. The van der Waals surface area contributed by atoms with Crippen LogP contribution in [0.15, 0.2) is 30.3 Å². The molecule has 0 radical (unpaired) electrons. The molecule has 168 valence electrons. The monoisotopic (exact) mass is 442 g/mol. The molecule has 0 spiro atoms. The van der Waals surface area contributed by atoms with Gasteiger partial charge in [-0.25, -0.2) is 13.5 Å². The number of aromatic nitrogens is 4. The molecule has 3 aromatic rings. The number of ether oxygens (including phenoxy) is 1. The molecule has 2 aromatic heterocycles. The van der Waals surface area contributed by atoms with Crippen molar-refractivity contribution in [3.63, 3.8) is 0 Å². The zero-order chi connectivity index (χ0) is 22.7. The molecule has 10 heteroatoms. The van der Waals surface area contributed by atoms with Gasteiger partial charge in [-0.1, -0.05) is 0 Å². The number of aryl methyl sites for hydroxylation is 1. The summed E-state index contributed by atoms with van der Waals surface area (Å²) in [7, 11) is 0. The van der Waals surface area contributed by atoms with E-state index >= 15 is 0 Å². The van der Waals surface area contributed by atoms with Crippen molar-refractivity contribution in [2.75, 3.05) is 36.5 Å². The number of carbonyl (C=O) groups is 1. The molecule has 0 saturated carbocycles. The lowest BCUT2D eigenvalue weighted by atomic mass is 10.1. The van der Waals surface area contributed by atoms with E-state index < -0.39 is 17.5 Å². The van der Waals surface area contributed by atoms with Crippen molar-refractivity contribution in [1.82, 2.24) is 20.0 Å². The Morgan fingerprint density at radius 1 is 1.09 bits per heavy atom. The van der Waals surface area contributed by atoms with E-state index in [9.17, 15) is 13.6 Å². The highest BCUT2D eigenvalue weighted by atomic mass is 19.1. The Kier molecular flexibility index (Phi) is 6.40. The number of amides is 1. The lowest BCUT2D eigenvalue weighted by Gasteiger charge is -2.27. The number of nitrogens with zero attached hydrogens (tertiary/aromatic N) is 5. The lowest BCUT2D eigenvalue weighted by Crippen LogP contribution is -2.36. The molecular weight excluding hydrogens is 418 g/mol. The predicted octanol–water partition coefficient (Wildman–Crippen LogP) is 2.97. The minimum atomic E-state index is -0.681. The largest absolute Gasteiger partial charge is 0.378 e. The van der Waals surface area contributed by atoms with Crippen LogP contribution in [0, 0.1) is 25.5 Å². The number of hydrogen-bond acceptors (Lipinski definition) is 6. The number of nitrogens with one attached hydrogen (secondary N) is 1. The molecule has 0 atom stereocenters. The molecule has 32 heavy (non-hydrogen) atoms. The average Bonchev–Trinajstić information content (AvgIpc) is 3.09. The van der Waals surface area contributed by atoms with Gasteiger partial charge in [-0.2, -0.15) is 5.10 Å². The second-order valence-corrected chi connectivity index (χ2v) is 7.58. The molecule has 1 fully saturated rings. The van der Waals surface area contributed by atoms with Crippen LogP contribution in [0.25, 0.3) is 5.82 Å². The molecule has 0 unspecified atom stereocenters. The Labute approximate surface area is 184 Å². The summed E-state index contributed by atoms with van der Waals surface area (Å²) in [6.45, 7) is 6.66. The molecule has 0 aliphatic carbocycles. The van der Waals surface area contributed by atoms with Gasteiger partial charge in [0, 0.05) is 31.3 Å². The molecule has 1 aliphatic heterocycles. The number of halogens is 2. The topological polar surface area (TPSA) is 85.2 Å². The minimum absolute atomic E-state index is 0.102. The van der Waals surface area contributed by atoms with E-state index in [1.807, 2.05) is 26.0 Å².